The summed E-state index contributed by atoms with van der Waals surface area (Å²) in [6.45, 7) is 3.28. The first-order valence-corrected chi connectivity index (χ1v) is 10.1. The molecule has 1 aliphatic heterocycles. The number of likely N-dealkylation sites (tertiary alicyclic amines) is 1. The summed E-state index contributed by atoms with van der Waals surface area (Å²) in [7, 11) is 0. The number of nitrogens with zero attached hydrogens (tertiary/aromatic N) is 3. The van der Waals surface area contributed by atoms with Crippen molar-refractivity contribution in [2.75, 3.05) is 18.8 Å². The molecule has 2 N–H and O–H groups in total. The molecule has 0 radical (unpaired) electrons. The van der Waals surface area contributed by atoms with Crippen molar-refractivity contribution in [2.24, 2.45) is 5.92 Å². The largest absolute Gasteiger partial charge is 0.393 e. The Hall–Kier alpha value is -1.86. The molecule has 1 aromatic heterocycles. The zero-order valence-electron chi connectivity index (χ0n) is 15.1. The number of hydrogen-bond donors (Lipinski definition) is 2. The molecule has 0 saturated carbocycles. The number of piperidine rings is 1. The van der Waals surface area contributed by atoms with Crippen LogP contribution >= 0.6 is 11.8 Å². The minimum absolute atomic E-state index is 0.120. The second-order valence-electron chi connectivity index (χ2n) is 6.80. The van der Waals surface area contributed by atoms with Crippen LogP contribution in [-0.2, 0) is 11.2 Å². The van der Waals surface area contributed by atoms with Gasteiger partial charge in [-0.05, 0) is 44.1 Å². The highest BCUT2D eigenvalue weighted by molar-refractivity contribution is 7.99. The number of carbonyl (C=O) groups excluding carboxylic acids is 1. The predicted octanol–water partition coefficient (Wildman–Crippen LogP) is 2.44. The number of aromatic amines is 1. The maximum Gasteiger partial charge on any atom is 0.233 e. The normalized spacial score (nSPS) is 16.6. The number of carbonyl (C=O) groups is 1. The molecule has 6 nitrogen and oxygen atoms in total. The van der Waals surface area contributed by atoms with Crippen LogP contribution in [0, 0.1) is 12.8 Å². The molecule has 0 bridgehead atoms. The number of aliphatic hydroxyl groups excluding tert-OH is 1. The van der Waals surface area contributed by atoms with Crippen LogP contribution in [0.2, 0.25) is 0 Å². The van der Waals surface area contributed by atoms with Crippen LogP contribution in [-0.4, -0.2) is 56.0 Å². The zero-order valence-corrected chi connectivity index (χ0v) is 15.9. The van der Waals surface area contributed by atoms with E-state index < -0.39 is 0 Å². The number of benzene rings is 1. The van der Waals surface area contributed by atoms with E-state index in [-0.39, 0.29) is 17.9 Å². The average Bonchev–Trinajstić information content (AvgIpc) is 3.10. The summed E-state index contributed by atoms with van der Waals surface area (Å²) in [6.07, 6.45) is 3.12. The lowest BCUT2D eigenvalue weighted by molar-refractivity contribution is -0.130. The first kappa shape index (κ1) is 18.9. The Morgan fingerprint density at radius 2 is 2.08 bits per heavy atom. The summed E-state index contributed by atoms with van der Waals surface area (Å²) in [5, 5.41) is 17.9. The minimum Gasteiger partial charge on any atom is -0.393 e. The van der Waals surface area contributed by atoms with Crippen molar-refractivity contribution < 1.29 is 9.90 Å². The molecule has 7 heteroatoms. The second kappa shape index (κ2) is 9.19. The molecule has 1 atom stereocenters. The Morgan fingerprint density at radius 3 is 2.73 bits per heavy atom. The highest BCUT2D eigenvalue weighted by Crippen LogP contribution is 2.24. The molecule has 1 fully saturated rings. The summed E-state index contributed by atoms with van der Waals surface area (Å²) in [5.41, 5.74) is 1.26. The van der Waals surface area contributed by atoms with E-state index in [1.165, 1.54) is 17.3 Å². The molecule has 2 aromatic rings. The summed E-state index contributed by atoms with van der Waals surface area (Å²) >= 11 is 1.36. The fourth-order valence-corrected chi connectivity index (χ4v) is 4.08. The number of hydrogen-bond acceptors (Lipinski definition) is 5. The highest BCUT2D eigenvalue weighted by atomic mass is 32.2. The summed E-state index contributed by atoms with van der Waals surface area (Å²) in [6, 6.07) is 10.3. The fourth-order valence-electron chi connectivity index (χ4n) is 3.33. The molecule has 140 valence electrons. The summed E-state index contributed by atoms with van der Waals surface area (Å²) < 4.78 is 0. The molecule has 2 heterocycles. The van der Waals surface area contributed by atoms with Crippen LogP contribution in [0.25, 0.3) is 0 Å². The molecule has 1 aromatic carbocycles. The van der Waals surface area contributed by atoms with Crippen molar-refractivity contribution in [1.29, 1.82) is 0 Å². The number of amides is 1. The van der Waals surface area contributed by atoms with E-state index in [1.807, 2.05) is 30.0 Å². The van der Waals surface area contributed by atoms with Crippen molar-refractivity contribution in [3.05, 3.63) is 41.7 Å². The molecule has 1 amide bonds. The van der Waals surface area contributed by atoms with Crippen molar-refractivity contribution >= 4 is 17.7 Å². The van der Waals surface area contributed by atoms with Gasteiger partial charge in [0.2, 0.25) is 11.1 Å². The van der Waals surface area contributed by atoms with E-state index in [9.17, 15) is 9.90 Å². The van der Waals surface area contributed by atoms with Crippen molar-refractivity contribution in [1.82, 2.24) is 20.1 Å². The molecule has 1 saturated heterocycles. The Kier molecular flexibility index (Phi) is 6.68. The first-order valence-electron chi connectivity index (χ1n) is 9.13. The molecular weight excluding hydrogens is 348 g/mol. The zero-order chi connectivity index (χ0) is 18.4. The molecule has 0 spiro atoms. The Morgan fingerprint density at radius 1 is 1.35 bits per heavy atom. The number of H-pyrrole nitrogens is 1. The standard InChI is InChI=1S/C19H26N4O2S/c1-14-20-19(22-21-14)26-13-18(25)23-11-9-16(10-12-23)17(24)8-7-15-5-3-2-4-6-15/h2-6,16-17,24H,7-13H2,1H3,(H,20,21,22)/t17-/m1/s1. The van der Waals surface area contributed by atoms with E-state index >= 15 is 0 Å². The minimum atomic E-state index is -0.293. The van der Waals surface area contributed by atoms with E-state index in [0.29, 0.717) is 10.9 Å². The summed E-state index contributed by atoms with van der Waals surface area (Å²) in [4.78, 5) is 18.4. The van der Waals surface area contributed by atoms with Gasteiger partial charge < -0.3 is 10.0 Å². The fraction of sp³-hybridized carbons (Fsp3) is 0.526. The van der Waals surface area contributed by atoms with Gasteiger partial charge in [0.05, 0.1) is 11.9 Å². The first-order chi connectivity index (χ1) is 12.6. The maximum atomic E-state index is 12.3. The molecule has 3 rings (SSSR count). The third kappa shape index (κ3) is 5.32. The highest BCUT2D eigenvalue weighted by Gasteiger charge is 2.27. The Bertz CT molecular complexity index is 699. The topological polar surface area (TPSA) is 82.1 Å². The van der Waals surface area contributed by atoms with Gasteiger partial charge in [-0.15, -0.1) is 5.10 Å². The van der Waals surface area contributed by atoms with Crippen LogP contribution in [0.5, 0.6) is 0 Å². The van der Waals surface area contributed by atoms with Gasteiger partial charge in [-0.1, -0.05) is 42.1 Å². The van der Waals surface area contributed by atoms with Gasteiger partial charge in [-0.25, -0.2) is 4.98 Å². The van der Waals surface area contributed by atoms with Crippen LogP contribution in [0.3, 0.4) is 0 Å². The molecular formula is C19H26N4O2S. The van der Waals surface area contributed by atoms with Gasteiger partial charge in [0.1, 0.15) is 5.82 Å². The average molecular weight is 375 g/mol. The smallest absolute Gasteiger partial charge is 0.233 e. The van der Waals surface area contributed by atoms with Crippen molar-refractivity contribution in [3.8, 4) is 0 Å². The van der Waals surface area contributed by atoms with Gasteiger partial charge >= 0.3 is 0 Å². The quantitative estimate of drug-likeness (QED) is 0.728. The van der Waals surface area contributed by atoms with Crippen LogP contribution in [0.4, 0.5) is 0 Å². The summed E-state index contributed by atoms with van der Waals surface area (Å²) in [5.74, 6) is 1.52. The van der Waals surface area contributed by atoms with E-state index in [1.54, 1.807) is 0 Å². The number of rotatable bonds is 7. The number of aliphatic hydroxyl groups is 1. The molecule has 1 aliphatic rings. The Balaban J connectivity index is 1.38. The molecule has 26 heavy (non-hydrogen) atoms. The lowest BCUT2D eigenvalue weighted by Gasteiger charge is -2.34. The second-order valence-corrected chi connectivity index (χ2v) is 7.74. The number of nitrogens with one attached hydrogen (secondary N) is 1. The van der Waals surface area contributed by atoms with Crippen molar-refractivity contribution in [2.45, 2.75) is 43.9 Å². The van der Waals surface area contributed by atoms with Gasteiger partial charge in [0.25, 0.3) is 0 Å². The van der Waals surface area contributed by atoms with Crippen molar-refractivity contribution in [3.63, 3.8) is 0 Å². The van der Waals surface area contributed by atoms with E-state index in [4.69, 9.17) is 0 Å². The van der Waals surface area contributed by atoms with Crippen LogP contribution in [0.15, 0.2) is 35.5 Å². The SMILES string of the molecule is Cc1nc(SCC(=O)N2CCC([C@H](O)CCc3ccccc3)CC2)n[nH]1. The van der Waals surface area contributed by atoms with Gasteiger partial charge in [0, 0.05) is 13.1 Å². The lowest BCUT2D eigenvalue weighted by atomic mass is 9.88. The number of thioether (sulfide) groups is 1. The predicted molar refractivity (Wildman–Crippen MR) is 102 cm³/mol. The van der Waals surface area contributed by atoms with Gasteiger partial charge in [-0.3, -0.25) is 9.89 Å². The third-order valence-corrected chi connectivity index (χ3v) is 5.74. The third-order valence-electron chi connectivity index (χ3n) is 4.91. The van der Waals surface area contributed by atoms with Crippen LogP contribution in [0.1, 0.15) is 30.7 Å². The molecule has 0 aliphatic carbocycles. The van der Waals surface area contributed by atoms with Gasteiger partial charge in [0.15, 0.2) is 0 Å². The van der Waals surface area contributed by atoms with Crippen LogP contribution < -0.4 is 0 Å². The van der Waals surface area contributed by atoms with E-state index in [0.717, 1.165) is 44.6 Å². The van der Waals surface area contributed by atoms with Gasteiger partial charge in [-0.2, -0.15) is 0 Å². The maximum absolute atomic E-state index is 12.3. The number of aryl methyl sites for hydroxylation is 2. The Labute approximate surface area is 158 Å². The monoisotopic (exact) mass is 374 g/mol. The molecule has 0 unspecified atom stereocenters. The van der Waals surface area contributed by atoms with E-state index in [2.05, 4.69) is 27.3 Å². The lowest BCUT2D eigenvalue weighted by Crippen LogP contribution is -2.42. The number of aromatic nitrogens is 3.